The second kappa shape index (κ2) is 5.73. The Kier molecular flexibility index (Phi) is 4.62. The number of hydrogen-bond donors (Lipinski definition) is 1. The van der Waals surface area contributed by atoms with Crippen LogP contribution in [0.2, 0.25) is 0 Å². The molecule has 0 aliphatic heterocycles. The summed E-state index contributed by atoms with van der Waals surface area (Å²) < 4.78 is 0. The zero-order valence-corrected chi connectivity index (χ0v) is 13.5. The fourth-order valence-electron chi connectivity index (χ4n) is 4.40. The number of nitrogens with two attached hydrogens (primary N) is 1. The molecule has 19 heavy (non-hydrogen) atoms. The zero-order chi connectivity index (χ0) is 14.1. The Morgan fingerprint density at radius 1 is 1.05 bits per heavy atom. The first kappa shape index (κ1) is 15.3. The molecule has 0 aromatic heterocycles. The maximum atomic E-state index is 6.22. The van der Waals surface area contributed by atoms with Gasteiger partial charge < -0.3 is 5.73 Å². The van der Waals surface area contributed by atoms with Crippen LogP contribution in [0.3, 0.4) is 0 Å². The van der Waals surface area contributed by atoms with Gasteiger partial charge in [-0.15, -0.1) is 0 Å². The summed E-state index contributed by atoms with van der Waals surface area (Å²) in [5.74, 6) is 0.879. The quantitative estimate of drug-likeness (QED) is 0.842. The Hall–Kier alpha value is -0.0800. The number of hydrogen-bond acceptors (Lipinski definition) is 2. The van der Waals surface area contributed by atoms with Gasteiger partial charge in [-0.3, -0.25) is 4.90 Å². The van der Waals surface area contributed by atoms with Crippen molar-refractivity contribution in [2.24, 2.45) is 17.1 Å². The molecule has 2 aliphatic carbocycles. The van der Waals surface area contributed by atoms with Gasteiger partial charge >= 0.3 is 0 Å². The fourth-order valence-corrected chi connectivity index (χ4v) is 4.40. The molecule has 0 aromatic carbocycles. The molecule has 2 fully saturated rings. The van der Waals surface area contributed by atoms with Crippen LogP contribution in [0.1, 0.15) is 72.1 Å². The van der Waals surface area contributed by atoms with Crippen molar-refractivity contribution < 1.29 is 0 Å². The molecular weight excluding hydrogens is 232 g/mol. The van der Waals surface area contributed by atoms with Gasteiger partial charge in [-0.05, 0) is 56.9 Å². The predicted molar refractivity (Wildman–Crippen MR) is 83.2 cm³/mol. The predicted octanol–water partition coefficient (Wildman–Crippen LogP) is 3.79. The molecule has 0 heterocycles. The molecule has 0 spiro atoms. The van der Waals surface area contributed by atoms with Crippen molar-refractivity contribution in [1.82, 2.24) is 4.90 Å². The molecule has 2 saturated carbocycles. The van der Waals surface area contributed by atoms with Gasteiger partial charge in [0.2, 0.25) is 0 Å². The van der Waals surface area contributed by atoms with Crippen molar-refractivity contribution in [2.75, 3.05) is 13.6 Å². The van der Waals surface area contributed by atoms with Crippen LogP contribution in [-0.4, -0.2) is 30.1 Å². The summed E-state index contributed by atoms with van der Waals surface area (Å²) in [5.41, 5.74) is 6.99. The van der Waals surface area contributed by atoms with Crippen LogP contribution in [0.4, 0.5) is 0 Å². The van der Waals surface area contributed by atoms with Crippen LogP contribution in [0.25, 0.3) is 0 Å². The Labute approximate surface area is 120 Å². The molecule has 2 rings (SSSR count). The molecule has 0 atom stereocenters. The molecule has 0 aromatic rings. The van der Waals surface area contributed by atoms with Gasteiger partial charge in [-0.2, -0.15) is 0 Å². The molecule has 2 heteroatoms. The van der Waals surface area contributed by atoms with E-state index < -0.39 is 0 Å². The highest BCUT2D eigenvalue weighted by Gasteiger charge is 2.42. The summed E-state index contributed by atoms with van der Waals surface area (Å²) in [6.07, 6.45) is 10.9. The third-order valence-corrected chi connectivity index (χ3v) is 6.14. The van der Waals surface area contributed by atoms with E-state index in [1.54, 1.807) is 0 Å². The molecular formula is C17H34N2. The van der Waals surface area contributed by atoms with Crippen LogP contribution in [0.15, 0.2) is 0 Å². The highest BCUT2D eigenvalue weighted by atomic mass is 15.2. The lowest BCUT2D eigenvalue weighted by atomic mass is 9.66. The molecule has 0 bridgehead atoms. The van der Waals surface area contributed by atoms with Gasteiger partial charge in [0.25, 0.3) is 0 Å². The van der Waals surface area contributed by atoms with Crippen molar-refractivity contribution in [1.29, 1.82) is 0 Å². The summed E-state index contributed by atoms with van der Waals surface area (Å²) >= 11 is 0. The monoisotopic (exact) mass is 266 g/mol. The van der Waals surface area contributed by atoms with Crippen LogP contribution >= 0.6 is 0 Å². The molecule has 0 amide bonds. The van der Waals surface area contributed by atoms with Crippen LogP contribution < -0.4 is 5.73 Å². The molecule has 112 valence electrons. The maximum absolute atomic E-state index is 6.22. The first-order valence-corrected chi connectivity index (χ1v) is 8.32. The lowest BCUT2D eigenvalue weighted by molar-refractivity contribution is 0.0130. The van der Waals surface area contributed by atoms with Crippen molar-refractivity contribution >= 4 is 0 Å². The topological polar surface area (TPSA) is 29.3 Å². The number of likely N-dealkylation sites (N-methyl/N-ethyl adjacent to an activating group) is 1. The first-order valence-electron chi connectivity index (χ1n) is 8.32. The van der Waals surface area contributed by atoms with Gasteiger partial charge in [0.15, 0.2) is 0 Å². The lowest BCUT2D eigenvalue weighted by Gasteiger charge is -2.50. The smallest absolute Gasteiger partial charge is 0.0331 e. The van der Waals surface area contributed by atoms with E-state index in [9.17, 15) is 0 Å². The van der Waals surface area contributed by atoms with Crippen molar-refractivity contribution in [3.05, 3.63) is 0 Å². The second-order valence-corrected chi connectivity index (χ2v) is 8.12. The molecule has 0 unspecified atom stereocenters. The van der Waals surface area contributed by atoms with Gasteiger partial charge in [0.1, 0.15) is 0 Å². The molecule has 2 N–H and O–H groups in total. The van der Waals surface area contributed by atoms with Gasteiger partial charge in [0.05, 0.1) is 0 Å². The summed E-state index contributed by atoms with van der Waals surface area (Å²) in [5, 5.41) is 0. The summed E-state index contributed by atoms with van der Waals surface area (Å²) in [6, 6.07) is 0.801. The van der Waals surface area contributed by atoms with E-state index in [2.05, 4.69) is 32.7 Å². The second-order valence-electron chi connectivity index (χ2n) is 8.12. The third-order valence-electron chi connectivity index (χ3n) is 6.14. The average molecular weight is 266 g/mol. The molecule has 0 saturated heterocycles. The highest BCUT2D eigenvalue weighted by molar-refractivity contribution is 4.99. The maximum Gasteiger partial charge on any atom is 0.0331 e. The Morgan fingerprint density at radius 2 is 1.58 bits per heavy atom. The van der Waals surface area contributed by atoms with E-state index in [0.29, 0.717) is 11.0 Å². The van der Waals surface area contributed by atoms with E-state index in [-0.39, 0.29) is 0 Å². The minimum Gasteiger partial charge on any atom is -0.329 e. The SMILES string of the molecule is CN(C1CCCC1)C1(CN)CCC(C(C)(C)C)CC1. The number of rotatable bonds is 3. The van der Waals surface area contributed by atoms with Gasteiger partial charge in [-0.25, -0.2) is 0 Å². The van der Waals surface area contributed by atoms with Gasteiger partial charge in [-0.1, -0.05) is 33.6 Å². The van der Waals surface area contributed by atoms with E-state index >= 15 is 0 Å². The lowest BCUT2D eigenvalue weighted by Crippen LogP contribution is -2.57. The molecule has 2 nitrogen and oxygen atoms in total. The largest absolute Gasteiger partial charge is 0.329 e. The first-order chi connectivity index (χ1) is 8.89. The van der Waals surface area contributed by atoms with Crippen molar-refractivity contribution in [3.63, 3.8) is 0 Å². The van der Waals surface area contributed by atoms with E-state index in [1.807, 2.05) is 0 Å². The zero-order valence-electron chi connectivity index (χ0n) is 13.5. The van der Waals surface area contributed by atoms with Crippen LogP contribution in [0.5, 0.6) is 0 Å². The summed E-state index contributed by atoms with van der Waals surface area (Å²) in [7, 11) is 2.35. The Bertz CT molecular complexity index is 278. The minimum absolute atomic E-state index is 0.302. The molecule has 0 radical (unpaired) electrons. The third kappa shape index (κ3) is 3.16. The van der Waals surface area contributed by atoms with E-state index in [4.69, 9.17) is 5.73 Å². The normalized spacial score (nSPS) is 34.1. The van der Waals surface area contributed by atoms with Crippen LogP contribution in [0, 0.1) is 11.3 Å². The standard InChI is InChI=1S/C17H34N2/c1-16(2,3)14-9-11-17(13-18,12-10-14)19(4)15-7-5-6-8-15/h14-15H,5-13,18H2,1-4H3. The van der Waals surface area contributed by atoms with Gasteiger partial charge in [0, 0.05) is 18.1 Å². The highest BCUT2D eigenvalue weighted by Crippen LogP contribution is 2.44. The minimum atomic E-state index is 0.302. The summed E-state index contributed by atoms with van der Waals surface area (Å²) in [6.45, 7) is 8.03. The molecule has 2 aliphatic rings. The van der Waals surface area contributed by atoms with Crippen molar-refractivity contribution in [3.8, 4) is 0 Å². The van der Waals surface area contributed by atoms with Crippen molar-refractivity contribution in [2.45, 2.75) is 83.7 Å². The Morgan fingerprint density at radius 3 is 2.00 bits per heavy atom. The average Bonchev–Trinajstić information content (AvgIpc) is 2.90. The van der Waals surface area contributed by atoms with E-state index in [1.165, 1.54) is 51.4 Å². The fraction of sp³-hybridized carbons (Fsp3) is 1.00. The van der Waals surface area contributed by atoms with E-state index in [0.717, 1.165) is 18.5 Å². The Balaban J connectivity index is 2.00. The van der Waals surface area contributed by atoms with Crippen LogP contribution in [-0.2, 0) is 0 Å². The number of nitrogens with zero attached hydrogens (tertiary/aromatic N) is 1. The summed E-state index contributed by atoms with van der Waals surface area (Å²) in [4.78, 5) is 2.68.